The van der Waals surface area contributed by atoms with Crippen molar-refractivity contribution in [2.24, 2.45) is 0 Å². The second-order valence-electron chi connectivity index (χ2n) is 5.70. The van der Waals surface area contributed by atoms with E-state index < -0.39 is 0 Å². The number of carbonyl (C=O) groups excluding carboxylic acids is 1. The summed E-state index contributed by atoms with van der Waals surface area (Å²) in [5.41, 5.74) is 2.20. The number of rotatable bonds is 8. The predicted octanol–water partition coefficient (Wildman–Crippen LogP) is 4.08. The zero-order chi connectivity index (χ0) is 17.4. The highest BCUT2D eigenvalue weighted by Crippen LogP contribution is 2.20. The molecular weight excluding hydrogens is 320 g/mol. The van der Waals surface area contributed by atoms with Crippen molar-refractivity contribution in [1.29, 1.82) is 0 Å². The van der Waals surface area contributed by atoms with Crippen LogP contribution in [0.5, 0.6) is 0 Å². The second-order valence-corrected chi connectivity index (χ2v) is 6.14. The average molecular weight is 345 g/mol. The minimum absolute atomic E-state index is 0.0545. The second kappa shape index (κ2) is 9.45. The Balaban J connectivity index is 2.01. The SMILES string of the molecule is CCN(CC)C(C(=O)NCCc1ccc(Cl)cc1)c1ccccc1. The van der Waals surface area contributed by atoms with Crippen LogP contribution in [-0.2, 0) is 11.2 Å². The summed E-state index contributed by atoms with van der Waals surface area (Å²) in [7, 11) is 0. The molecule has 1 amide bonds. The monoisotopic (exact) mass is 344 g/mol. The number of likely N-dealkylation sites (N-methyl/N-ethyl adjacent to an activating group) is 1. The molecule has 24 heavy (non-hydrogen) atoms. The Hall–Kier alpha value is -1.84. The molecule has 0 radical (unpaired) electrons. The van der Waals surface area contributed by atoms with Gasteiger partial charge in [0.15, 0.2) is 0 Å². The molecule has 0 aliphatic rings. The fraction of sp³-hybridized carbons (Fsp3) is 0.350. The third-order valence-corrected chi connectivity index (χ3v) is 4.42. The number of benzene rings is 2. The molecule has 1 unspecified atom stereocenters. The average Bonchev–Trinajstić information content (AvgIpc) is 2.61. The molecular formula is C20H25ClN2O. The molecule has 0 fully saturated rings. The maximum atomic E-state index is 12.8. The molecule has 1 atom stereocenters. The van der Waals surface area contributed by atoms with Crippen LogP contribution >= 0.6 is 11.6 Å². The minimum Gasteiger partial charge on any atom is -0.354 e. The van der Waals surface area contributed by atoms with Crippen LogP contribution in [0.3, 0.4) is 0 Å². The fourth-order valence-corrected chi connectivity index (χ4v) is 2.96. The van der Waals surface area contributed by atoms with Gasteiger partial charge in [0.25, 0.3) is 0 Å². The third-order valence-electron chi connectivity index (χ3n) is 4.17. The van der Waals surface area contributed by atoms with Crippen molar-refractivity contribution in [2.45, 2.75) is 26.3 Å². The van der Waals surface area contributed by atoms with Crippen LogP contribution in [0.4, 0.5) is 0 Å². The quantitative estimate of drug-likeness (QED) is 0.782. The molecule has 4 heteroatoms. The highest BCUT2D eigenvalue weighted by atomic mass is 35.5. The molecule has 0 spiro atoms. The lowest BCUT2D eigenvalue weighted by Gasteiger charge is -2.29. The van der Waals surface area contributed by atoms with Crippen molar-refractivity contribution in [3.63, 3.8) is 0 Å². The van der Waals surface area contributed by atoms with Gasteiger partial charge in [-0.05, 0) is 42.8 Å². The van der Waals surface area contributed by atoms with Gasteiger partial charge in [-0.25, -0.2) is 0 Å². The Kier molecular flexibility index (Phi) is 7.29. The largest absolute Gasteiger partial charge is 0.354 e. The van der Waals surface area contributed by atoms with Crippen LogP contribution in [0, 0.1) is 0 Å². The van der Waals surface area contributed by atoms with E-state index in [4.69, 9.17) is 11.6 Å². The summed E-state index contributed by atoms with van der Waals surface area (Å²) in [4.78, 5) is 14.9. The standard InChI is InChI=1S/C20H25ClN2O/c1-3-23(4-2)19(17-8-6-5-7-9-17)20(24)22-15-14-16-10-12-18(21)13-11-16/h5-13,19H,3-4,14-15H2,1-2H3,(H,22,24). The first-order valence-electron chi connectivity index (χ1n) is 8.46. The van der Waals surface area contributed by atoms with Crippen molar-refractivity contribution < 1.29 is 4.79 Å². The molecule has 0 bridgehead atoms. The summed E-state index contributed by atoms with van der Waals surface area (Å²) in [5.74, 6) is 0.0545. The van der Waals surface area contributed by atoms with Crippen LogP contribution in [0.25, 0.3) is 0 Å². The highest BCUT2D eigenvalue weighted by molar-refractivity contribution is 6.30. The summed E-state index contributed by atoms with van der Waals surface area (Å²) in [5, 5.41) is 3.81. The first-order valence-corrected chi connectivity index (χ1v) is 8.84. The van der Waals surface area contributed by atoms with Crippen LogP contribution in [0.15, 0.2) is 54.6 Å². The van der Waals surface area contributed by atoms with E-state index in [1.54, 1.807) is 0 Å². The predicted molar refractivity (Wildman–Crippen MR) is 100 cm³/mol. The van der Waals surface area contributed by atoms with E-state index in [2.05, 4.69) is 24.1 Å². The van der Waals surface area contributed by atoms with Crippen molar-refractivity contribution in [3.8, 4) is 0 Å². The van der Waals surface area contributed by atoms with Gasteiger partial charge in [-0.3, -0.25) is 9.69 Å². The van der Waals surface area contributed by atoms with Gasteiger partial charge >= 0.3 is 0 Å². The minimum atomic E-state index is -0.244. The maximum absolute atomic E-state index is 12.8. The molecule has 0 aromatic heterocycles. The van der Waals surface area contributed by atoms with Crippen LogP contribution in [0.2, 0.25) is 5.02 Å². The van der Waals surface area contributed by atoms with E-state index in [-0.39, 0.29) is 11.9 Å². The molecule has 0 heterocycles. The van der Waals surface area contributed by atoms with Crippen molar-refractivity contribution >= 4 is 17.5 Å². The summed E-state index contributed by atoms with van der Waals surface area (Å²) < 4.78 is 0. The Morgan fingerprint density at radius 2 is 1.67 bits per heavy atom. The lowest BCUT2D eigenvalue weighted by Crippen LogP contribution is -2.41. The van der Waals surface area contributed by atoms with E-state index in [0.717, 1.165) is 30.1 Å². The molecule has 0 saturated heterocycles. The van der Waals surface area contributed by atoms with E-state index in [1.807, 2.05) is 54.6 Å². The number of hydrogen-bond acceptors (Lipinski definition) is 2. The van der Waals surface area contributed by atoms with Crippen molar-refractivity contribution in [3.05, 3.63) is 70.7 Å². The van der Waals surface area contributed by atoms with Crippen molar-refractivity contribution in [1.82, 2.24) is 10.2 Å². The first kappa shape index (κ1) is 18.5. The Morgan fingerprint density at radius 1 is 1.04 bits per heavy atom. The van der Waals surface area contributed by atoms with E-state index >= 15 is 0 Å². The topological polar surface area (TPSA) is 32.3 Å². The van der Waals surface area contributed by atoms with Gasteiger partial charge in [0, 0.05) is 11.6 Å². The summed E-state index contributed by atoms with van der Waals surface area (Å²) in [6.07, 6.45) is 0.794. The molecule has 0 aliphatic heterocycles. The lowest BCUT2D eigenvalue weighted by molar-refractivity contribution is -0.126. The number of halogens is 1. The normalized spacial score (nSPS) is 12.2. The van der Waals surface area contributed by atoms with E-state index in [9.17, 15) is 4.79 Å². The lowest BCUT2D eigenvalue weighted by atomic mass is 10.0. The molecule has 2 aromatic rings. The number of nitrogens with zero attached hydrogens (tertiary/aromatic N) is 1. The van der Waals surface area contributed by atoms with E-state index in [1.165, 1.54) is 5.56 Å². The molecule has 2 aromatic carbocycles. The zero-order valence-electron chi connectivity index (χ0n) is 14.3. The summed E-state index contributed by atoms with van der Waals surface area (Å²) in [6.45, 7) is 6.45. The molecule has 3 nitrogen and oxygen atoms in total. The van der Waals surface area contributed by atoms with Gasteiger partial charge < -0.3 is 5.32 Å². The van der Waals surface area contributed by atoms with Crippen LogP contribution < -0.4 is 5.32 Å². The van der Waals surface area contributed by atoms with Gasteiger partial charge in [0.2, 0.25) is 5.91 Å². The number of amides is 1. The first-order chi connectivity index (χ1) is 11.7. The fourth-order valence-electron chi connectivity index (χ4n) is 2.83. The summed E-state index contributed by atoms with van der Waals surface area (Å²) >= 11 is 5.90. The smallest absolute Gasteiger partial charge is 0.241 e. The number of carbonyl (C=O) groups is 1. The zero-order valence-corrected chi connectivity index (χ0v) is 15.1. The van der Waals surface area contributed by atoms with E-state index in [0.29, 0.717) is 6.54 Å². The summed E-state index contributed by atoms with van der Waals surface area (Å²) in [6, 6.07) is 17.5. The molecule has 128 valence electrons. The van der Waals surface area contributed by atoms with Gasteiger partial charge in [0.05, 0.1) is 0 Å². The van der Waals surface area contributed by atoms with Crippen molar-refractivity contribution in [2.75, 3.05) is 19.6 Å². The Labute approximate surface area is 149 Å². The van der Waals surface area contributed by atoms with Gasteiger partial charge in [-0.2, -0.15) is 0 Å². The number of hydrogen-bond donors (Lipinski definition) is 1. The molecule has 0 saturated carbocycles. The highest BCUT2D eigenvalue weighted by Gasteiger charge is 2.25. The van der Waals surface area contributed by atoms with Crippen LogP contribution in [0.1, 0.15) is 31.0 Å². The van der Waals surface area contributed by atoms with Gasteiger partial charge in [-0.15, -0.1) is 0 Å². The van der Waals surface area contributed by atoms with Crippen LogP contribution in [-0.4, -0.2) is 30.4 Å². The Morgan fingerprint density at radius 3 is 2.25 bits per heavy atom. The molecule has 1 N–H and O–H groups in total. The van der Waals surface area contributed by atoms with Gasteiger partial charge in [0.1, 0.15) is 6.04 Å². The number of nitrogens with one attached hydrogen (secondary N) is 1. The third kappa shape index (κ3) is 5.08. The Bertz CT molecular complexity index is 624. The maximum Gasteiger partial charge on any atom is 0.241 e. The molecule has 2 rings (SSSR count). The van der Waals surface area contributed by atoms with Gasteiger partial charge in [-0.1, -0.05) is 67.9 Å². The molecule has 0 aliphatic carbocycles.